The van der Waals surface area contributed by atoms with Crippen molar-refractivity contribution in [1.82, 2.24) is 0 Å². The van der Waals surface area contributed by atoms with Crippen LogP contribution in [0.4, 0.5) is 0 Å². The van der Waals surface area contributed by atoms with Crippen LogP contribution in [-0.2, 0) is 28.6 Å². The van der Waals surface area contributed by atoms with E-state index in [1.54, 1.807) is 0 Å². The predicted octanol–water partition coefficient (Wildman–Crippen LogP) is 16.1. The Morgan fingerprint density at radius 2 is 0.694 bits per heavy atom. The lowest BCUT2D eigenvalue weighted by Gasteiger charge is -2.18. The van der Waals surface area contributed by atoms with Crippen molar-refractivity contribution in [2.24, 2.45) is 0 Å². The van der Waals surface area contributed by atoms with Crippen LogP contribution in [0.1, 0.15) is 194 Å². The fraction of sp³-hybridized carbons (Fsp3) is 0.589. The summed E-state index contributed by atoms with van der Waals surface area (Å²) in [5, 5.41) is 0. The van der Waals surface area contributed by atoms with Crippen LogP contribution >= 0.6 is 0 Å². The molecule has 0 saturated heterocycles. The first-order chi connectivity index (χ1) is 30.5. The van der Waals surface area contributed by atoms with Crippen molar-refractivity contribution in [3.63, 3.8) is 0 Å². The standard InChI is InChI=1S/C56H88O6/c1-4-7-10-13-16-19-22-25-27-28-29-30-32-34-37-40-43-46-49-55(58)61-52-53(51-60-54(57)48-45-42-39-36-33-24-21-18-15-12-9-6-3)62-56(59)50-47-44-41-38-35-31-26-23-20-17-14-11-8-5-2/h8-13,16-22,25,27-30,33,36,53H,4-7,14-15,23-24,26,31-32,34-35,37-52H2,1-3H3/b11-8-,12-9-,13-10-,19-16-,20-17-,21-18-,25-22-,28-27-,30-29-,36-33-. The van der Waals surface area contributed by atoms with Crippen molar-refractivity contribution < 1.29 is 28.6 Å². The molecule has 0 heterocycles. The third kappa shape index (κ3) is 46.9. The molecule has 0 amide bonds. The Labute approximate surface area is 380 Å². The van der Waals surface area contributed by atoms with Crippen LogP contribution in [0.15, 0.2) is 122 Å². The zero-order valence-electron chi connectivity index (χ0n) is 39.6. The predicted molar refractivity (Wildman–Crippen MR) is 265 cm³/mol. The van der Waals surface area contributed by atoms with E-state index < -0.39 is 6.10 Å². The third-order valence-corrected chi connectivity index (χ3v) is 9.79. The summed E-state index contributed by atoms with van der Waals surface area (Å²) in [6.07, 6.45) is 67.5. The molecular weight excluding hydrogens is 769 g/mol. The highest BCUT2D eigenvalue weighted by molar-refractivity contribution is 5.71. The first-order valence-corrected chi connectivity index (χ1v) is 24.6. The number of allylic oxidation sites excluding steroid dienone is 20. The van der Waals surface area contributed by atoms with Gasteiger partial charge in [-0.1, -0.05) is 200 Å². The second-order valence-electron chi connectivity index (χ2n) is 15.7. The van der Waals surface area contributed by atoms with E-state index >= 15 is 0 Å². The van der Waals surface area contributed by atoms with Gasteiger partial charge in [-0.3, -0.25) is 14.4 Å². The summed E-state index contributed by atoms with van der Waals surface area (Å²) in [5.41, 5.74) is 0. The maximum absolute atomic E-state index is 12.8. The van der Waals surface area contributed by atoms with Crippen LogP contribution in [0.2, 0.25) is 0 Å². The average Bonchev–Trinajstić information content (AvgIpc) is 3.27. The molecule has 6 nitrogen and oxygen atoms in total. The molecule has 348 valence electrons. The Balaban J connectivity index is 4.51. The van der Waals surface area contributed by atoms with Gasteiger partial charge in [-0.15, -0.1) is 0 Å². The van der Waals surface area contributed by atoms with Crippen LogP contribution in [0, 0.1) is 0 Å². The molecule has 62 heavy (non-hydrogen) atoms. The molecule has 0 fully saturated rings. The second-order valence-corrected chi connectivity index (χ2v) is 15.7. The molecule has 0 N–H and O–H groups in total. The van der Waals surface area contributed by atoms with E-state index in [-0.39, 0.29) is 31.1 Å². The quantitative estimate of drug-likeness (QED) is 0.0200. The molecule has 1 atom stereocenters. The van der Waals surface area contributed by atoms with E-state index in [4.69, 9.17) is 14.2 Å². The van der Waals surface area contributed by atoms with Crippen LogP contribution in [0.5, 0.6) is 0 Å². The van der Waals surface area contributed by atoms with E-state index in [0.717, 1.165) is 122 Å². The normalized spacial score (nSPS) is 13.1. The Kier molecular flexibility index (Phi) is 46.1. The van der Waals surface area contributed by atoms with E-state index in [9.17, 15) is 14.4 Å². The van der Waals surface area contributed by atoms with E-state index in [1.807, 2.05) is 36.5 Å². The van der Waals surface area contributed by atoms with Gasteiger partial charge in [0.2, 0.25) is 0 Å². The molecule has 0 aliphatic heterocycles. The summed E-state index contributed by atoms with van der Waals surface area (Å²) >= 11 is 0. The van der Waals surface area contributed by atoms with E-state index in [0.29, 0.717) is 19.3 Å². The van der Waals surface area contributed by atoms with Crippen molar-refractivity contribution in [2.75, 3.05) is 13.2 Å². The topological polar surface area (TPSA) is 78.9 Å². The van der Waals surface area contributed by atoms with Gasteiger partial charge in [-0.2, -0.15) is 0 Å². The van der Waals surface area contributed by atoms with E-state index in [2.05, 4.69) is 106 Å². The van der Waals surface area contributed by atoms with Gasteiger partial charge >= 0.3 is 17.9 Å². The molecule has 0 bridgehead atoms. The fourth-order valence-electron chi connectivity index (χ4n) is 6.17. The maximum atomic E-state index is 12.8. The first-order valence-electron chi connectivity index (χ1n) is 24.6. The number of unbranched alkanes of at least 4 members (excludes halogenated alkanes) is 15. The molecule has 0 rings (SSSR count). The van der Waals surface area contributed by atoms with E-state index in [1.165, 1.54) is 32.1 Å². The van der Waals surface area contributed by atoms with Crippen molar-refractivity contribution in [1.29, 1.82) is 0 Å². The summed E-state index contributed by atoms with van der Waals surface area (Å²) in [6, 6.07) is 0. The first kappa shape index (κ1) is 57.8. The van der Waals surface area contributed by atoms with Gasteiger partial charge in [0.05, 0.1) is 0 Å². The summed E-state index contributed by atoms with van der Waals surface area (Å²) in [4.78, 5) is 37.9. The molecule has 0 aliphatic carbocycles. The van der Waals surface area contributed by atoms with Gasteiger partial charge in [0.15, 0.2) is 6.10 Å². The Bertz CT molecular complexity index is 1350. The summed E-state index contributed by atoms with van der Waals surface area (Å²) in [5.74, 6) is -0.993. The van der Waals surface area contributed by atoms with Crippen molar-refractivity contribution in [3.8, 4) is 0 Å². The van der Waals surface area contributed by atoms with Crippen molar-refractivity contribution in [2.45, 2.75) is 200 Å². The van der Waals surface area contributed by atoms with Crippen LogP contribution in [0.3, 0.4) is 0 Å². The lowest BCUT2D eigenvalue weighted by atomic mass is 10.1. The molecule has 1 unspecified atom stereocenters. The molecule has 0 aromatic heterocycles. The third-order valence-electron chi connectivity index (χ3n) is 9.79. The number of carbonyl (C=O) groups is 3. The van der Waals surface area contributed by atoms with Gasteiger partial charge in [0.25, 0.3) is 0 Å². The lowest BCUT2D eigenvalue weighted by molar-refractivity contribution is -0.167. The van der Waals surface area contributed by atoms with Gasteiger partial charge in [0.1, 0.15) is 13.2 Å². The number of carbonyl (C=O) groups excluding carboxylic acids is 3. The molecule has 6 heteroatoms. The highest BCUT2D eigenvalue weighted by Crippen LogP contribution is 2.13. The summed E-state index contributed by atoms with van der Waals surface area (Å²) < 4.78 is 16.7. The molecular formula is C56H88O6. The van der Waals surface area contributed by atoms with Crippen LogP contribution in [-0.4, -0.2) is 37.2 Å². The number of esters is 3. The molecule has 0 saturated carbocycles. The molecule has 0 aliphatic rings. The zero-order valence-corrected chi connectivity index (χ0v) is 39.6. The zero-order chi connectivity index (χ0) is 45.1. The minimum Gasteiger partial charge on any atom is -0.462 e. The van der Waals surface area contributed by atoms with Gasteiger partial charge in [-0.05, 0) is 96.3 Å². The summed E-state index contributed by atoms with van der Waals surface area (Å²) in [7, 11) is 0. The summed E-state index contributed by atoms with van der Waals surface area (Å²) in [6.45, 7) is 6.24. The average molecular weight is 857 g/mol. The maximum Gasteiger partial charge on any atom is 0.306 e. The molecule has 0 aromatic carbocycles. The van der Waals surface area contributed by atoms with Crippen molar-refractivity contribution >= 4 is 17.9 Å². The minimum absolute atomic E-state index is 0.111. The van der Waals surface area contributed by atoms with Gasteiger partial charge in [-0.25, -0.2) is 0 Å². The molecule has 0 radical (unpaired) electrons. The van der Waals surface area contributed by atoms with Crippen molar-refractivity contribution in [3.05, 3.63) is 122 Å². The Morgan fingerprint density at radius 3 is 1.16 bits per heavy atom. The molecule has 0 spiro atoms. The smallest absolute Gasteiger partial charge is 0.306 e. The lowest BCUT2D eigenvalue weighted by Crippen LogP contribution is -2.30. The fourth-order valence-corrected chi connectivity index (χ4v) is 6.17. The largest absolute Gasteiger partial charge is 0.462 e. The Morgan fingerprint density at radius 1 is 0.355 bits per heavy atom. The number of hydrogen-bond acceptors (Lipinski definition) is 6. The van der Waals surface area contributed by atoms with Crippen LogP contribution in [0.25, 0.3) is 0 Å². The monoisotopic (exact) mass is 857 g/mol. The highest BCUT2D eigenvalue weighted by atomic mass is 16.6. The molecule has 0 aromatic rings. The minimum atomic E-state index is -0.811. The SMILES string of the molecule is CC/C=C\C/C=C\C/C=C\CCCCC(=O)OCC(COC(=O)CCCCCCC\C=C/C=C\C=C/C=C\C=C/CCC)OC(=O)CCCCCCCCC/C=C\C/C=C\CC. The Hall–Kier alpha value is -4.19. The number of rotatable bonds is 42. The van der Waals surface area contributed by atoms with Gasteiger partial charge < -0.3 is 14.2 Å². The number of hydrogen-bond donors (Lipinski definition) is 0. The number of ether oxygens (including phenoxy) is 3. The highest BCUT2D eigenvalue weighted by Gasteiger charge is 2.19. The van der Waals surface area contributed by atoms with Gasteiger partial charge in [0, 0.05) is 19.3 Å². The second kappa shape index (κ2) is 49.5. The van der Waals surface area contributed by atoms with Crippen LogP contribution < -0.4 is 0 Å².